The van der Waals surface area contributed by atoms with Crippen LogP contribution in [0.4, 0.5) is 0 Å². The molecule has 0 aliphatic rings. The summed E-state index contributed by atoms with van der Waals surface area (Å²) in [5, 5.41) is 16.6. The molecule has 0 bridgehead atoms. The molecule has 178 valence electrons. The van der Waals surface area contributed by atoms with E-state index in [0.29, 0.717) is 12.2 Å². The van der Waals surface area contributed by atoms with E-state index in [-0.39, 0.29) is 25.2 Å². The van der Waals surface area contributed by atoms with Crippen molar-refractivity contribution in [3.63, 3.8) is 0 Å². The number of hydrogen-bond acceptors (Lipinski definition) is 7. The zero-order chi connectivity index (χ0) is 24.1. The molecule has 0 radical (unpaired) electrons. The minimum absolute atomic E-state index is 0.0846. The van der Waals surface area contributed by atoms with Crippen LogP contribution in [-0.4, -0.2) is 70.9 Å². The molecule has 0 saturated heterocycles. The van der Waals surface area contributed by atoms with Crippen LogP contribution >= 0.6 is 11.8 Å². The molecule has 0 spiro atoms. The van der Waals surface area contributed by atoms with Crippen LogP contribution in [0, 0.1) is 5.92 Å². The highest BCUT2D eigenvalue weighted by Crippen LogP contribution is 2.06. The summed E-state index contributed by atoms with van der Waals surface area (Å²) >= 11 is 1.43. The highest BCUT2D eigenvalue weighted by atomic mass is 32.2. The van der Waals surface area contributed by atoms with Gasteiger partial charge in [-0.15, -0.1) is 0 Å². The van der Waals surface area contributed by atoms with Crippen molar-refractivity contribution in [2.45, 2.75) is 70.6 Å². The van der Waals surface area contributed by atoms with Crippen LogP contribution in [-0.2, 0) is 24.0 Å². The molecule has 0 aromatic rings. The second kappa shape index (κ2) is 14.6. The summed E-state index contributed by atoms with van der Waals surface area (Å²) in [4.78, 5) is 59.8. The predicted molar refractivity (Wildman–Crippen MR) is 118 cm³/mol. The lowest BCUT2D eigenvalue weighted by Gasteiger charge is -2.24. The van der Waals surface area contributed by atoms with Crippen LogP contribution < -0.4 is 27.4 Å². The number of carbonyl (C=O) groups is 5. The van der Waals surface area contributed by atoms with Gasteiger partial charge < -0.3 is 32.5 Å². The maximum atomic E-state index is 12.6. The number of primary amides is 1. The number of thioether (sulfide) groups is 1. The number of amides is 4. The normalized spacial score (nSPS) is 15.6. The lowest BCUT2D eigenvalue weighted by Crippen LogP contribution is -2.57. The standard InChI is InChI=1S/C19H35N5O6S/c1-5-10(2)15(21)18(28)22-11(3)16(26)23-12(6-7-14(20)25)17(27)24-13(19(29)30)8-9-31-4/h10-13,15H,5-9,21H2,1-4H3,(H2,20,25)(H,22,28)(H,23,26)(H,24,27)(H,29,30). The topological polar surface area (TPSA) is 194 Å². The summed E-state index contributed by atoms with van der Waals surface area (Å²) < 4.78 is 0. The molecule has 0 fully saturated rings. The van der Waals surface area contributed by atoms with Gasteiger partial charge in [0.05, 0.1) is 6.04 Å². The van der Waals surface area contributed by atoms with Gasteiger partial charge in [-0.1, -0.05) is 20.3 Å². The number of carboxylic acids is 1. The largest absolute Gasteiger partial charge is 0.480 e. The molecule has 0 rings (SSSR count). The minimum Gasteiger partial charge on any atom is -0.480 e. The van der Waals surface area contributed by atoms with Crippen LogP contribution in [0.1, 0.15) is 46.5 Å². The summed E-state index contributed by atoms with van der Waals surface area (Å²) in [7, 11) is 0. The van der Waals surface area contributed by atoms with Crippen LogP contribution in [0.25, 0.3) is 0 Å². The first kappa shape index (κ1) is 28.7. The Balaban J connectivity index is 5.17. The maximum absolute atomic E-state index is 12.6. The van der Waals surface area contributed by atoms with E-state index < -0.39 is 53.8 Å². The van der Waals surface area contributed by atoms with E-state index in [0.717, 1.165) is 0 Å². The van der Waals surface area contributed by atoms with Crippen molar-refractivity contribution >= 4 is 41.4 Å². The molecule has 31 heavy (non-hydrogen) atoms. The third-order valence-corrected chi connectivity index (χ3v) is 5.49. The fourth-order valence-electron chi connectivity index (χ4n) is 2.51. The monoisotopic (exact) mass is 461 g/mol. The number of carbonyl (C=O) groups excluding carboxylic acids is 4. The van der Waals surface area contributed by atoms with E-state index in [9.17, 15) is 29.1 Å². The fraction of sp³-hybridized carbons (Fsp3) is 0.737. The molecule has 5 atom stereocenters. The molecule has 0 aliphatic heterocycles. The van der Waals surface area contributed by atoms with Crippen LogP contribution in [0.2, 0.25) is 0 Å². The predicted octanol–water partition coefficient (Wildman–Crippen LogP) is -1.06. The van der Waals surface area contributed by atoms with Gasteiger partial charge in [-0.3, -0.25) is 19.2 Å². The van der Waals surface area contributed by atoms with E-state index in [4.69, 9.17) is 11.5 Å². The number of carboxylic acid groups (broad SMARTS) is 1. The van der Waals surface area contributed by atoms with E-state index in [1.165, 1.54) is 18.7 Å². The average Bonchev–Trinajstić information content (AvgIpc) is 2.71. The Morgan fingerprint density at radius 2 is 1.52 bits per heavy atom. The molecule has 11 nitrogen and oxygen atoms in total. The van der Waals surface area contributed by atoms with Crippen molar-refractivity contribution < 1.29 is 29.1 Å². The van der Waals surface area contributed by atoms with E-state index in [1.807, 2.05) is 13.8 Å². The van der Waals surface area contributed by atoms with Crippen molar-refractivity contribution in [3.8, 4) is 0 Å². The Morgan fingerprint density at radius 1 is 0.935 bits per heavy atom. The Kier molecular flexibility index (Phi) is 13.5. The molecule has 0 aromatic carbocycles. The quantitative estimate of drug-likeness (QED) is 0.177. The highest BCUT2D eigenvalue weighted by molar-refractivity contribution is 7.98. The zero-order valence-electron chi connectivity index (χ0n) is 18.5. The number of nitrogens with one attached hydrogen (secondary N) is 3. The van der Waals surface area contributed by atoms with Crippen molar-refractivity contribution in [1.29, 1.82) is 0 Å². The van der Waals surface area contributed by atoms with Crippen LogP contribution in [0.3, 0.4) is 0 Å². The summed E-state index contributed by atoms with van der Waals surface area (Å²) in [6, 6.07) is -4.13. The fourth-order valence-corrected chi connectivity index (χ4v) is 2.98. The van der Waals surface area contributed by atoms with Gasteiger partial charge >= 0.3 is 5.97 Å². The lowest BCUT2D eigenvalue weighted by atomic mass is 9.99. The van der Waals surface area contributed by atoms with Crippen molar-refractivity contribution in [2.24, 2.45) is 17.4 Å². The van der Waals surface area contributed by atoms with Gasteiger partial charge in [-0.25, -0.2) is 4.79 Å². The third kappa shape index (κ3) is 11.0. The third-order valence-electron chi connectivity index (χ3n) is 4.85. The summed E-state index contributed by atoms with van der Waals surface area (Å²) in [6.07, 6.45) is 2.37. The first-order valence-electron chi connectivity index (χ1n) is 10.1. The molecule has 4 amide bonds. The van der Waals surface area contributed by atoms with Crippen molar-refractivity contribution in [1.82, 2.24) is 16.0 Å². The average molecular weight is 462 g/mol. The molecular formula is C19H35N5O6S. The maximum Gasteiger partial charge on any atom is 0.326 e. The number of hydrogen-bond donors (Lipinski definition) is 6. The van der Waals surface area contributed by atoms with E-state index in [2.05, 4.69) is 16.0 Å². The molecule has 5 unspecified atom stereocenters. The van der Waals surface area contributed by atoms with Gasteiger partial charge in [0, 0.05) is 6.42 Å². The molecule has 0 heterocycles. The van der Waals surface area contributed by atoms with E-state index in [1.54, 1.807) is 6.26 Å². The summed E-state index contributed by atoms with van der Waals surface area (Å²) in [6.45, 7) is 5.13. The zero-order valence-corrected chi connectivity index (χ0v) is 19.3. The molecule has 0 saturated carbocycles. The molecule has 0 aliphatic carbocycles. The van der Waals surface area contributed by atoms with Crippen LogP contribution in [0.5, 0.6) is 0 Å². The van der Waals surface area contributed by atoms with Crippen molar-refractivity contribution in [2.75, 3.05) is 12.0 Å². The van der Waals surface area contributed by atoms with E-state index >= 15 is 0 Å². The van der Waals surface area contributed by atoms with Gasteiger partial charge in [0.25, 0.3) is 0 Å². The number of rotatable bonds is 15. The Labute approximate surface area is 186 Å². The smallest absolute Gasteiger partial charge is 0.326 e. The van der Waals surface area contributed by atoms with Gasteiger partial charge in [-0.2, -0.15) is 11.8 Å². The number of nitrogens with two attached hydrogens (primary N) is 2. The summed E-state index contributed by atoms with van der Waals surface area (Å²) in [5.41, 5.74) is 11.0. The Hall–Kier alpha value is -2.34. The summed E-state index contributed by atoms with van der Waals surface area (Å²) in [5.74, 6) is -3.39. The highest BCUT2D eigenvalue weighted by Gasteiger charge is 2.29. The van der Waals surface area contributed by atoms with Gasteiger partial charge in [0.2, 0.25) is 23.6 Å². The minimum atomic E-state index is -1.21. The van der Waals surface area contributed by atoms with Crippen molar-refractivity contribution in [3.05, 3.63) is 0 Å². The van der Waals surface area contributed by atoms with Gasteiger partial charge in [0.15, 0.2) is 0 Å². The molecule has 8 N–H and O–H groups in total. The molecular weight excluding hydrogens is 426 g/mol. The van der Waals surface area contributed by atoms with Crippen LogP contribution in [0.15, 0.2) is 0 Å². The lowest BCUT2D eigenvalue weighted by molar-refractivity contribution is -0.142. The SMILES string of the molecule is CCC(C)C(N)C(=O)NC(C)C(=O)NC(CCC(N)=O)C(=O)NC(CCSC)C(=O)O. The first-order valence-corrected chi connectivity index (χ1v) is 11.5. The van der Waals surface area contributed by atoms with Gasteiger partial charge in [-0.05, 0) is 37.7 Å². The van der Waals surface area contributed by atoms with Gasteiger partial charge in [0.1, 0.15) is 18.1 Å². The second-order valence-electron chi connectivity index (χ2n) is 7.39. The second-order valence-corrected chi connectivity index (χ2v) is 8.37. The molecule has 0 aromatic heterocycles. The number of aliphatic carboxylic acids is 1. The Bertz CT molecular complexity index is 647. The Morgan fingerprint density at radius 3 is 2.00 bits per heavy atom. The first-order chi connectivity index (χ1) is 14.4. The molecule has 12 heteroatoms.